The molecular formula is C19H30O6. The fourth-order valence-electron chi connectivity index (χ4n) is 5.89. The van der Waals surface area contributed by atoms with Crippen molar-refractivity contribution >= 4 is 0 Å². The first-order valence-electron chi connectivity index (χ1n) is 9.40. The molecule has 0 aromatic rings. The van der Waals surface area contributed by atoms with Crippen molar-refractivity contribution in [1.29, 1.82) is 0 Å². The lowest BCUT2D eigenvalue weighted by atomic mass is 9.46. The van der Waals surface area contributed by atoms with Crippen LogP contribution in [-0.4, -0.2) is 60.9 Å². The van der Waals surface area contributed by atoms with Crippen molar-refractivity contribution in [3.8, 4) is 0 Å². The minimum atomic E-state index is -1.39. The Balaban J connectivity index is 1.86. The highest BCUT2D eigenvalue weighted by molar-refractivity contribution is 5.34. The zero-order valence-electron chi connectivity index (χ0n) is 15.4. The highest BCUT2D eigenvalue weighted by Gasteiger charge is 2.68. The Morgan fingerprint density at radius 2 is 1.56 bits per heavy atom. The zero-order valence-corrected chi connectivity index (χ0v) is 15.4. The van der Waals surface area contributed by atoms with Crippen LogP contribution in [0.25, 0.3) is 0 Å². The SMILES string of the molecule is CC1(C)CCC[C@@]2(C)[C@H]1[C@H](O)C=C(C1OCCO1)[C@]2(O)C1OCCO1. The average molecular weight is 354 g/mol. The molecule has 4 aliphatic rings. The maximum Gasteiger partial charge on any atom is 0.191 e. The summed E-state index contributed by atoms with van der Waals surface area (Å²) in [6.07, 6.45) is 2.46. The quantitative estimate of drug-likeness (QED) is 0.734. The van der Waals surface area contributed by atoms with E-state index in [9.17, 15) is 10.2 Å². The van der Waals surface area contributed by atoms with Crippen LogP contribution in [0, 0.1) is 16.7 Å². The molecule has 2 heterocycles. The van der Waals surface area contributed by atoms with E-state index in [2.05, 4.69) is 20.8 Å². The first-order chi connectivity index (χ1) is 11.8. The highest BCUT2D eigenvalue weighted by Crippen LogP contribution is 2.63. The molecule has 3 fully saturated rings. The Morgan fingerprint density at radius 3 is 2.20 bits per heavy atom. The van der Waals surface area contributed by atoms with E-state index in [-0.39, 0.29) is 11.3 Å². The molecule has 4 atom stereocenters. The second-order valence-corrected chi connectivity index (χ2v) is 8.76. The minimum Gasteiger partial charge on any atom is -0.389 e. The van der Waals surface area contributed by atoms with Crippen LogP contribution >= 0.6 is 0 Å². The molecule has 142 valence electrons. The Labute approximate surface area is 149 Å². The second-order valence-electron chi connectivity index (χ2n) is 8.76. The van der Waals surface area contributed by atoms with Crippen LogP contribution in [0.15, 0.2) is 11.6 Å². The molecule has 0 bridgehead atoms. The summed E-state index contributed by atoms with van der Waals surface area (Å²) in [6.45, 7) is 8.29. The Hall–Kier alpha value is -0.500. The predicted molar refractivity (Wildman–Crippen MR) is 89.7 cm³/mol. The summed E-state index contributed by atoms with van der Waals surface area (Å²) in [5.41, 5.74) is -1.53. The van der Waals surface area contributed by atoms with Gasteiger partial charge >= 0.3 is 0 Å². The molecule has 0 aromatic heterocycles. The Bertz CT molecular complexity index is 548. The molecule has 2 aliphatic heterocycles. The van der Waals surface area contributed by atoms with Crippen LogP contribution in [0.4, 0.5) is 0 Å². The molecule has 0 aromatic carbocycles. The van der Waals surface area contributed by atoms with Crippen LogP contribution in [-0.2, 0) is 18.9 Å². The number of rotatable bonds is 2. The number of fused-ring (bicyclic) bond motifs is 1. The third-order valence-electron chi connectivity index (χ3n) is 6.89. The Kier molecular flexibility index (Phi) is 4.30. The van der Waals surface area contributed by atoms with Crippen LogP contribution < -0.4 is 0 Å². The summed E-state index contributed by atoms with van der Waals surface area (Å²) in [6, 6.07) is 0. The summed E-state index contributed by atoms with van der Waals surface area (Å²) in [5, 5.41) is 23.1. The number of aliphatic hydroxyl groups is 2. The van der Waals surface area contributed by atoms with Gasteiger partial charge in [0.2, 0.25) is 0 Å². The van der Waals surface area contributed by atoms with E-state index in [1.54, 1.807) is 6.08 Å². The summed E-state index contributed by atoms with van der Waals surface area (Å²) in [5.74, 6) is -0.100. The van der Waals surface area contributed by atoms with E-state index in [0.717, 1.165) is 19.3 Å². The van der Waals surface area contributed by atoms with Gasteiger partial charge < -0.3 is 29.2 Å². The van der Waals surface area contributed by atoms with Gasteiger partial charge in [0.1, 0.15) is 5.60 Å². The van der Waals surface area contributed by atoms with Gasteiger partial charge in [-0.25, -0.2) is 0 Å². The van der Waals surface area contributed by atoms with Gasteiger partial charge in [-0.15, -0.1) is 0 Å². The topological polar surface area (TPSA) is 77.4 Å². The van der Waals surface area contributed by atoms with Crippen LogP contribution in [0.1, 0.15) is 40.0 Å². The number of aliphatic hydroxyl groups excluding tert-OH is 1. The molecule has 6 nitrogen and oxygen atoms in total. The lowest BCUT2D eigenvalue weighted by Gasteiger charge is -2.62. The van der Waals surface area contributed by atoms with Gasteiger partial charge in [-0.3, -0.25) is 0 Å². The van der Waals surface area contributed by atoms with Crippen LogP contribution in [0.5, 0.6) is 0 Å². The van der Waals surface area contributed by atoms with Crippen molar-refractivity contribution in [3.05, 3.63) is 11.6 Å². The second kappa shape index (κ2) is 6.01. The van der Waals surface area contributed by atoms with Gasteiger partial charge in [0.15, 0.2) is 12.6 Å². The molecule has 25 heavy (non-hydrogen) atoms. The fourth-order valence-corrected chi connectivity index (χ4v) is 5.89. The zero-order chi connectivity index (χ0) is 17.9. The van der Waals surface area contributed by atoms with Gasteiger partial charge in [-0.1, -0.05) is 27.2 Å². The van der Waals surface area contributed by atoms with Crippen LogP contribution in [0.3, 0.4) is 0 Å². The van der Waals surface area contributed by atoms with Gasteiger partial charge in [0.25, 0.3) is 0 Å². The minimum absolute atomic E-state index is 0.0988. The molecule has 1 saturated carbocycles. The number of hydrogen-bond acceptors (Lipinski definition) is 6. The van der Waals surface area contributed by atoms with E-state index in [1.807, 2.05) is 0 Å². The van der Waals surface area contributed by atoms with Crippen LogP contribution in [0.2, 0.25) is 0 Å². The van der Waals surface area contributed by atoms with Crippen molar-refractivity contribution in [2.24, 2.45) is 16.7 Å². The molecule has 2 saturated heterocycles. The van der Waals surface area contributed by atoms with Crippen molar-refractivity contribution in [3.63, 3.8) is 0 Å². The maximum atomic E-state index is 12.1. The van der Waals surface area contributed by atoms with E-state index < -0.39 is 29.7 Å². The smallest absolute Gasteiger partial charge is 0.191 e. The van der Waals surface area contributed by atoms with Gasteiger partial charge in [0.05, 0.1) is 32.5 Å². The van der Waals surface area contributed by atoms with E-state index >= 15 is 0 Å². The molecule has 0 spiro atoms. The van der Waals surface area contributed by atoms with Crippen molar-refractivity contribution in [2.75, 3.05) is 26.4 Å². The number of hydrogen-bond donors (Lipinski definition) is 2. The summed E-state index contributed by atoms with van der Waals surface area (Å²) in [7, 11) is 0. The fraction of sp³-hybridized carbons (Fsp3) is 0.895. The van der Waals surface area contributed by atoms with Gasteiger partial charge in [-0.2, -0.15) is 0 Å². The van der Waals surface area contributed by atoms with E-state index in [4.69, 9.17) is 18.9 Å². The Morgan fingerprint density at radius 1 is 0.960 bits per heavy atom. The average Bonchev–Trinajstić information content (AvgIpc) is 3.22. The predicted octanol–water partition coefficient (Wildman–Crippen LogP) is 1.60. The lowest BCUT2D eigenvalue weighted by Crippen LogP contribution is -2.68. The van der Waals surface area contributed by atoms with Gasteiger partial charge in [-0.05, 0) is 24.3 Å². The third-order valence-corrected chi connectivity index (χ3v) is 6.89. The molecule has 0 unspecified atom stereocenters. The molecule has 2 N–H and O–H groups in total. The van der Waals surface area contributed by atoms with Crippen molar-refractivity contribution in [1.82, 2.24) is 0 Å². The monoisotopic (exact) mass is 354 g/mol. The molecule has 0 radical (unpaired) electrons. The summed E-state index contributed by atoms with van der Waals surface area (Å²) >= 11 is 0. The molecule has 4 rings (SSSR count). The molecular weight excluding hydrogens is 324 g/mol. The first-order valence-corrected chi connectivity index (χ1v) is 9.40. The summed E-state index contributed by atoms with van der Waals surface area (Å²) < 4.78 is 23.0. The maximum absolute atomic E-state index is 12.1. The number of ether oxygens (including phenoxy) is 4. The van der Waals surface area contributed by atoms with E-state index in [1.165, 1.54) is 0 Å². The normalized spacial score (nSPS) is 45.4. The standard InChI is InChI=1S/C19H30O6/c1-17(2)5-4-6-18(3)14(17)13(20)11-12(15-22-7-8-23-15)19(18,21)16-24-9-10-25-16/h11,13-16,20-21H,4-10H2,1-3H3/t13-,14+,18+,19+/m1/s1. The third kappa shape index (κ3) is 2.46. The van der Waals surface area contributed by atoms with E-state index in [0.29, 0.717) is 32.0 Å². The van der Waals surface area contributed by atoms with Gasteiger partial charge in [0, 0.05) is 16.9 Å². The lowest BCUT2D eigenvalue weighted by molar-refractivity contribution is -0.267. The largest absolute Gasteiger partial charge is 0.389 e. The first kappa shape index (κ1) is 17.9. The molecule has 2 aliphatic carbocycles. The highest BCUT2D eigenvalue weighted by atomic mass is 16.7. The molecule has 6 heteroatoms. The molecule has 0 amide bonds. The summed E-state index contributed by atoms with van der Waals surface area (Å²) in [4.78, 5) is 0. The van der Waals surface area contributed by atoms with Crippen molar-refractivity contribution < 1.29 is 29.2 Å². The van der Waals surface area contributed by atoms with Crippen molar-refractivity contribution in [2.45, 2.75) is 64.3 Å².